The minimum atomic E-state index is -2.91. The van der Waals surface area contributed by atoms with Crippen LogP contribution in [0.4, 0.5) is 0 Å². The summed E-state index contributed by atoms with van der Waals surface area (Å²) in [6.45, 7) is 6.42. The molecule has 0 saturated heterocycles. The fraction of sp³-hybridized carbons (Fsp3) is 0.167. The van der Waals surface area contributed by atoms with Crippen LogP contribution < -0.4 is 4.72 Å². The van der Waals surface area contributed by atoms with E-state index in [0.29, 0.717) is 16.0 Å². The largest absolute Gasteiger partial charge is 0.275 e. The molecule has 0 radical (unpaired) electrons. The van der Waals surface area contributed by atoms with Crippen LogP contribution in [0.25, 0.3) is 0 Å². The molecule has 0 aliphatic rings. The van der Waals surface area contributed by atoms with Crippen LogP contribution in [0.1, 0.15) is 15.9 Å². The highest BCUT2D eigenvalue weighted by Gasteiger charge is 2.14. The van der Waals surface area contributed by atoms with E-state index in [0.717, 1.165) is 0 Å². The summed E-state index contributed by atoms with van der Waals surface area (Å²) in [4.78, 5) is 16.9. The molecule has 2 aromatic rings. The number of nitrogens with zero attached hydrogens (tertiary/aromatic N) is 1. The standard InChI is InChI=1S/C18H20N2O2SSi/c1-23(22,17-8-6-5-7-9-17)20-18(21)16-12-15(13-19-14-16)10-11-24(2,3)4/h5-9,12-14H,1H2,2-4H3,(H,20,21,22). The molecule has 24 heavy (non-hydrogen) atoms. The van der Waals surface area contributed by atoms with Crippen LogP contribution >= 0.6 is 0 Å². The first kappa shape index (κ1) is 18.0. The van der Waals surface area contributed by atoms with Crippen molar-refractivity contribution in [2.75, 3.05) is 0 Å². The van der Waals surface area contributed by atoms with Crippen LogP contribution in [0.5, 0.6) is 0 Å². The SMILES string of the molecule is C=S(=O)(NC(=O)c1cncc(C#C[Si](C)(C)C)c1)c1ccccc1. The zero-order valence-corrected chi connectivity index (χ0v) is 15.8. The summed E-state index contributed by atoms with van der Waals surface area (Å²) < 4.78 is 15.1. The van der Waals surface area contributed by atoms with Crippen molar-refractivity contribution in [1.29, 1.82) is 0 Å². The predicted molar refractivity (Wildman–Crippen MR) is 102 cm³/mol. The molecule has 0 fully saturated rings. The lowest BCUT2D eigenvalue weighted by Crippen LogP contribution is -2.30. The van der Waals surface area contributed by atoms with Gasteiger partial charge in [-0.15, -0.1) is 5.54 Å². The number of aromatic nitrogens is 1. The molecule has 0 aliphatic carbocycles. The van der Waals surface area contributed by atoms with Gasteiger partial charge in [-0.2, -0.15) is 0 Å². The van der Waals surface area contributed by atoms with Gasteiger partial charge in [-0.05, 0) is 24.1 Å². The molecule has 4 nitrogen and oxygen atoms in total. The van der Waals surface area contributed by atoms with Crippen molar-refractivity contribution < 1.29 is 9.00 Å². The maximum Gasteiger partial charge on any atom is 0.264 e. The van der Waals surface area contributed by atoms with E-state index in [1.54, 1.807) is 36.5 Å². The van der Waals surface area contributed by atoms with Crippen molar-refractivity contribution in [2.24, 2.45) is 0 Å². The molecule has 1 aromatic heterocycles. The molecule has 124 valence electrons. The fourth-order valence-corrected chi connectivity index (χ4v) is 3.45. The first-order valence-electron chi connectivity index (χ1n) is 7.40. The van der Waals surface area contributed by atoms with Crippen molar-refractivity contribution in [1.82, 2.24) is 9.71 Å². The molecule has 1 heterocycles. The Hall–Kier alpha value is -2.36. The van der Waals surface area contributed by atoms with Gasteiger partial charge in [0.1, 0.15) is 8.07 Å². The van der Waals surface area contributed by atoms with E-state index < -0.39 is 23.7 Å². The molecule has 1 unspecified atom stereocenters. The van der Waals surface area contributed by atoms with Crippen molar-refractivity contribution in [3.63, 3.8) is 0 Å². The van der Waals surface area contributed by atoms with Gasteiger partial charge < -0.3 is 0 Å². The van der Waals surface area contributed by atoms with E-state index in [2.05, 4.69) is 46.7 Å². The lowest BCUT2D eigenvalue weighted by Gasteiger charge is -2.11. The molecule has 2 rings (SSSR count). The van der Waals surface area contributed by atoms with Gasteiger partial charge in [0, 0.05) is 22.9 Å². The fourth-order valence-electron chi connectivity index (χ4n) is 1.80. The number of amides is 1. The Morgan fingerprint density at radius 1 is 1.21 bits per heavy atom. The summed E-state index contributed by atoms with van der Waals surface area (Å²) >= 11 is 0. The maximum absolute atomic E-state index is 12.6. The second-order valence-electron chi connectivity index (χ2n) is 6.38. The molecule has 0 bridgehead atoms. The number of carbonyl (C=O) groups excluding carboxylic acids is 1. The summed E-state index contributed by atoms with van der Waals surface area (Å²) in [6.07, 6.45) is 3.04. The third-order valence-electron chi connectivity index (χ3n) is 2.96. The Balaban J connectivity index is 2.23. The first-order valence-corrected chi connectivity index (χ1v) is 12.6. The molecular formula is C18H20N2O2SSi. The smallest absolute Gasteiger partial charge is 0.264 e. The van der Waals surface area contributed by atoms with Crippen LogP contribution in [-0.4, -0.2) is 29.0 Å². The molecule has 0 aliphatic heterocycles. The number of hydrogen-bond acceptors (Lipinski definition) is 3. The number of carbonyl (C=O) groups is 1. The monoisotopic (exact) mass is 356 g/mol. The maximum atomic E-state index is 12.6. The average molecular weight is 357 g/mol. The van der Waals surface area contributed by atoms with Gasteiger partial charge in [0.05, 0.1) is 15.3 Å². The molecule has 1 amide bonds. The first-order chi connectivity index (χ1) is 11.2. The zero-order chi connectivity index (χ0) is 17.8. The van der Waals surface area contributed by atoms with Crippen LogP contribution in [0.3, 0.4) is 0 Å². The molecule has 6 heteroatoms. The normalized spacial score (nSPS) is 13.3. The molecule has 0 saturated carbocycles. The Kier molecular flexibility index (Phi) is 5.27. The molecular weight excluding hydrogens is 336 g/mol. The molecule has 0 spiro atoms. The lowest BCUT2D eigenvalue weighted by atomic mass is 10.2. The van der Waals surface area contributed by atoms with Crippen LogP contribution in [0, 0.1) is 11.5 Å². The van der Waals surface area contributed by atoms with Crippen LogP contribution in [0.15, 0.2) is 53.7 Å². The van der Waals surface area contributed by atoms with Crippen molar-refractivity contribution in [3.8, 4) is 11.5 Å². The number of rotatable bonds is 3. The lowest BCUT2D eigenvalue weighted by molar-refractivity contribution is 0.0982. The van der Waals surface area contributed by atoms with E-state index in [-0.39, 0.29) is 0 Å². The number of benzene rings is 1. The van der Waals surface area contributed by atoms with Gasteiger partial charge in [-0.25, -0.2) is 4.21 Å². The van der Waals surface area contributed by atoms with Crippen molar-refractivity contribution >= 4 is 29.6 Å². The third kappa shape index (κ3) is 5.08. The van der Waals surface area contributed by atoms with Crippen molar-refractivity contribution in [2.45, 2.75) is 24.5 Å². The quantitative estimate of drug-likeness (QED) is 0.523. The van der Waals surface area contributed by atoms with Gasteiger partial charge in [-0.3, -0.25) is 14.5 Å². The summed E-state index contributed by atoms with van der Waals surface area (Å²) in [7, 11) is -4.42. The van der Waals surface area contributed by atoms with Crippen LogP contribution in [-0.2, 0) is 9.71 Å². The molecule has 1 aromatic carbocycles. The van der Waals surface area contributed by atoms with E-state index in [9.17, 15) is 9.00 Å². The molecule has 1 atom stereocenters. The predicted octanol–water partition coefficient (Wildman–Crippen LogP) is 2.73. The Labute approximate surface area is 144 Å². The average Bonchev–Trinajstić information content (AvgIpc) is 2.53. The molecule has 1 N–H and O–H groups in total. The Bertz CT molecular complexity index is 905. The van der Waals surface area contributed by atoms with E-state index in [4.69, 9.17) is 0 Å². The highest BCUT2D eigenvalue weighted by Crippen LogP contribution is 2.09. The minimum Gasteiger partial charge on any atom is -0.275 e. The van der Waals surface area contributed by atoms with Crippen LogP contribution in [0.2, 0.25) is 19.6 Å². The van der Waals surface area contributed by atoms with Gasteiger partial charge in [0.15, 0.2) is 0 Å². The number of pyridine rings is 1. The third-order valence-corrected chi connectivity index (χ3v) is 5.39. The zero-order valence-electron chi connectivity index (χ0n) is 14.0. The second kappa shape index (κ2) is 7.03. The summed E-state index contributed by atoms with van der Waals surface area (Å²) in [5, 5.41) is 0. The highest BCUT2D eigenvalue weighted by atomic mass is 32.2. The Morgan fingerprint density at radius 3 is 2.50 bits per heavy atom. The Morgan fingerprint density at radius 2 is 1.88 bits per heavy atom. The summed E-state index contributed by atoms with van der Waals surface area (Å²) in [6, 6.07) is 10.3. The second-order valence-corrected chi connectivity index (χ2v) is 13.2. The topological polar surface area (TPSA) is 59.1 Å². The van der Waals surface area contributed by atoms with E-state index >= 15 is 0 Å². The van der Waals surface area contributed by atoms with Crippen molar-refractivity contribution in [3.05, 3.63) is 59.9 Å². The van der Waals surface area contributed by atoms with Gasteiger partial charge in [0.25, 0.3) is 5.91 Å². The number of nitrogens with one attached hydrogen (secondary N) is 1. The van der Waals surface area contributed by atoms with Gasteiger partial charge >= 0.3 is 0 Å². The summed E-state index contributed by atoms with van der Waals surface area (Å²) in [5.74, 6) is 6.22. The number of hydrogen-bond donors (Lipinski definition) is 1. The minimum absolute atomic E-state index is 0.310. The van der Waals surface area contributed by atoms with Gasteiger partial charge in [0.2, 0.25) is 0 Å². The highest BCUT2D eigenvalue weighted by molar-refractivity contribution is 7.99. The van der Waals surface area contributed by atoms with E-state index in [1.807, 2.05) is 6.07 Å². The van der Waals surface area contributed by atoms with E-state index in [1.165, 1.54) is 6.20 Å². The van der Waals surface area contributed by atoms with Gasteiger partial charge in [-0.1, -0.05) is 43.8 Å². The summed E-state index contributed by atoms with van der Waals surface area (Å²) in [5.41, 5.74) is 4.20.